The van der Waals surface area contributed by atoms with Gasteiger partial charge in [0.15, 0.2) is 0 Å². The lowest BCUT2D eigenvalue weighted by Gasteiger charge is -1.97. The number of rotatable bonds is 0. The first-order valence-electron chi connectivity index (χ1n) is 4.97. The number of hydrogen-bond donors (Lipinski definition) is 0. The van der Waals surface area contributed by atoms with Gasteiger partial charge in [0, 0.05) is 12.6 Å². The van der Waals surface area contributed by atoms with Crippen molar-refractivity contribution in [3.63, 3.8) is 0 Å². The van der Waals surface area contributed by atoms with Crippen molar-refractivity contribution in [3.8, 4) is 11.8 Å². The largest absolute Gasteiger partial charge is 0.286 e. The number of aryl methyl sites for hydroxylation is 1. The van der Waals surface area contributed by atoms with Crippen LogP contribution in [0, 0.1) is 11.8 Å². The lowest BCUT2D eigenvalue weighted by Crippen LogP contribution is -2.20. The van der Waals surface area contributed by atoms with Gasteiger partial charge in [-0.25, -0.2) is 4.68 Å². The monoisotopic (exact) mass is 244 g/mol. The van der Waals surface area contributed by atoms with E-state index < -0.39 is 0 Å². The van der Waals surface area contributed by atoms with Crippen LogP contribution in [-0.4, -0.2) is 9.78 Å². The number of aromatic nitrogens is 2. The summed E-state index contributed by atoms with van der Waals surface area (Å²) in [6, 6.07) is 9.48. The van der Waals surface area contributed by atoms with Crippen LogP contribution in [0.1, 0.15) is 11.1 Å². The molecule has 0 bridgehead atoms. The summed E-state index contributed by atoms with van der Waals surface area (Å²) in [6.07, 6.45) is 1.49. The molecule has 1 aromatic carbocycles. The average molecular weight is 245 g/mol. The second-order valence-electron chi connectivity index (χ2n) is 3.42. The lowest BCUT2D eigenvalue weighted by molar-refractivity contribution is 0.706. The molecule has 0 amide bonds. The van der Waals surface area contributed by atoms with E-state index in [1.54, 1.807) is 7.05 Å². The zero-order valence-corrected chi connectivity index (χ0v) is 9.90. The smallest absolute Gasteiger partial charge is 0.266 e. The van der Waals surface area contributed by atoms with Crippen LogP contribution in [-0.2, 0) is 7.05 Å². The molecule has 0 aliphatic rings. The fourth-order valence-electron chi connectivity index (χ4n) is 1.26. The summed E-state index contributed by atoms with van der Waals surface area (Å²) in [4.78, 5) is 11.5. The van der Waals surface area contributed by atoms with Crippen LogP contribution in [0.15, 0.2) is 41.3 Å². The predicted molar refractivity (Wildman–Crippen MR) is 66.9 cm³/mol. The molecule has 2 rings (SSSR count). The number of halogens is 1. The quantitative estimate of drug-likeness (QED) is 0.663. The van der Waals surface area contributed by atoms with Gasteiger partial charge in [-0.2, -0.15) is 5.10 Å². The van der Waals surface area contributed by atoms with Crippen molar-refractivity contribution in [3.05, 3.63) is 63.0 Å². The highest BCUT2D eigenvalue weighted by atomic mass is 35.5. The second-order valence-corrected chi connectivity index (χ2v) is 3.79. The van der Waals surface area contributed by atoms with Crippen LogP contribution in [0.2, 0.25) is 5.02 Å². The van der Waals surface area contributed by atoms with Crippen LogP contribution in [0.5, 0.6) is 0 Å². The van der Waals surface area contributed by atoms with E-state index in [-0.39, 0.29) is 10.6 Å². The zero-order chi connectivity index (χ0) is 12.3. The first kappa shape index (κ1) is 11.4. The van der Waals surface area contributed by atoms with Crippen molar-refractivity contribution in [1.82, 2.24) is 9.78 Å². The van der Waals surface area contributed by atoms with E-state index in [4.69, 9.17) is 11.6 Å². The molecule has 0 saturated heterocycles. The van der Waals surface area contributed by atoms with Crippen LogP contribution in [0.3, 0.4) is 0 Å². The SMILES string of the molecule is Cn1ncc(C#Cc2ccccc2)c(Cl)c1=O. The zero-order valence-electron chi connectivity index (χ0n) is 9.14. The van der Waals surface area contributed by atoms with Crippen LogP contribution in [0.25, 0.3) is 0 Å². The Balaban J connectivity index is 2.42. The van der Waals surface area contributed by atoms with Gasteiger partial charge < -0.3 is 0 Å². The van der Waals surface area contributed by atoms with Crippen LogP contribution >= 0.6 is 11.6 Å². The summed E-state index contributed by atoms with van der Waals surface area (Å²) in [5.74, 6) is 5.77. The summed E-state index contributed by atoms with van der Waals surface area (Å²) >= 11 is 5.89. The molecule has 0 radical (unpaired) electrons. The summed E-state index contributed by atoms with van der Waals surface area (Å²) < 4.78 is 1.18. The summed E-state index contributed by atoms with van der Waals surface area (Å²) in [5.41, 5.74) is 0.967. The first-order chi connectivity index (χ1) is 8.18. The molecule has 0 aliphatic carbocycles. The van der Waals surface area contributed by atoms with Gasteiger partial charge in [0.1, 0.15) is 5.02 Å². The maximum Gasteiger partial charge on any atom is 0.286 e. The molecule has 17 heavy (non-hydrogen) atoms. The Hall–Kier alpha value is -2.05. The van der Waals surface area contributed by atoms with Crippen molar-refractivity contribution in [1.29, 1.82) is 0 Å². The lowest BCUT2D eigenvalue weighted by atomic mass is 10.2. The molecule has 0 aliphatic heterocycles. The number of benzene rings is 1. The minimum absolute atomic E-state index is 0.103. The Labute approximate surface area is 104 Å². The molecule has 1 aromatic heterocycles. The third-order valence-electron chi connectivity index (χ3n) is 2.19. The number of nitrogens with zero attached hydrogens (tertiary/aromatic N) is 2. The Bertz CT molecular complexity index is 651. The molecule has 0 atom stereocenters. The highest BCUT2D eigenvalue weighted by Gasteiger charge is 2.04. The summed E-state index contributed by atoms with van der Waals surface area (Å²) in [7, 11) is 1.54. The van der Waals surface area contributed by atoms with Crippen molar-refractivity contribution < 1.29 is 0 Å². The minimum atomic E-state index is -0.341. The Morgan fingerprint density at radius 1 is 1.24 bits per heavy atom. The van der Waals surface area contributed by atoms with Gasteiger partial charge in [0.25, 0.3) is 5.56 Å². The molecule has 84 valence electrons. The van der Waals surface area contributed by atoms with E-state index in [1.165, 1.54) is 10.9 Å². The van der Waals surface area contributed by atoms with Crippen LogP contribution < -0.4 is 5.56 Å². The molecule has 2 aromatic rings. The molecular weight excluding hydrogens is 236 g/mol. The standard InChI is InChI=1S/C13H9ClN2O/c1-16-13(17)12(14)11(9-15-16)8-7-10-5-3-2-4-6-10/h2-6,9H,1H3. The fourth-order valence-corrected chi connectivity index (χ4v) is 1.48. The molecule has 0 fully saturated rings. The molecule has 3 nitrogen and oxygen atoms in total. The highest BCUT2D eigenvalue weighted by Crippen LogP contribution is 2.07. The van der Waals surface area contributed by atoms with Gasteiger partial charge in [0.2, 0.25) is 0 Å². The van der Waals surface area contributed by atoms with E-state index in [2.05, 4.69) is 16.9 Å². The third kappa shape index (κ3) is 2.55. The van der Waals surface area contributed by atoms with Gasteiger partial charge in [0.05, 0.1) is 11.8 Å². The molecule has 0 saturated carbocycles. The minimum Gasteiger partial charge on any atom is -0.266 e. The van der Waals surface area contributed by atoms with E-state index >= 15 is 0 Å². The van der Waals surface area contributed by atoms with Gasteiger partial charge in [-0.3, -0.25) is 4.79 Å². The first-order valence-corrected chi connectivity index (χ1v) is 5.35. The van der Waals surface area contributed by atoms with E-state index in [1.807, 2.05) is 30.3 Å². The second kappa shape index (κ2) is 4.86. The Kier molecular flexibility index (Phi) is 3.27. The van der Waals surface area contributed by atoms with Gasteiger partial charge >= 0.3 is 0 Å². The molecule has 4 heteroatoms. The topological polar surface area (TPSA) is 34.9 Å². The molecule has 1 heterocycles. The van der Waals surface area contributed by atoms with Gasteiger partial charge in [-0.1, -0.05) is 41.6 Å². The van der Waals surface area contributed by atoms with Crippen molar-refractivity contribution in [2.75, 3.05) is 0 Å². The van der Waals surface area contributed by atoms with Gasteiger partial charge in [-0.05, 0) is 12.1 Å². The van der Waals surface area contributed by atoms with Gasteiger partial charge in [-0.15, -0.1) is 0 Å². The van der Waals surface area contributed by atoms with Crippen molar-refractivity contribution in [2.45, 2.75) is 0 Å². The summed E-state index contributed by atoms with van der Waals surface area (Å²) in [6.45, 7) is 0. The maximum atomic E-state index is 11.5. The van der Waals surface area contributed by atoms with Crippen molar-refractivity contribution >= 4 is 11.6 Å². The molecular formula is C13H9ClN2O. The fraction of sp³-hybridized carbons (Fsp3) is 0.0769. The van der Waals surface area contributed by atoms with E-state index in [0.717, 1.165) is 5.56 Å². The summed E-state index contributed by atoms with van der Waals surface area (Å²) in [5, 5.41) is 3.97. The third-order valence-corrected chi connectivity index (χ3v) is 2.56. The maximum absolute atomic E-state index is 11.5. The normalized spacial score (nSPS) is 9.53. The Morgan fingerprint density at radius 2 is 1.94 bits per heavy atom. The number of hydrogen-bond acceptors (Lipinski definition) is 2. The van der Waals surface area contributed by atoms with E-state index in [0.29, 0.717) is 5.56 Å². The highest BCUT2D eigenvalue weighted by molar-refractivity contribution is 6.31. The molecule has 0 N–H and O–H groups in total. The molecule has 0 spiro atoms. The molecule has 0 unspecified atom stereocenters. The Morgan fingerprint density at radius 3 is 2.65 bits per heavy atom. The predicted octanol–water partition coefficient (Wildman–Crippen LogP) is 1.83. The van der Waals surface area contributed by atoms with Crippen LogP contribution in [0.4, 0.5) is 0 Å². The van der Waals surface area contributed by atoms with E-state index in [9.17, 15) is 4.79 Å². The van der Waals surface area contributed by atoms with Crippen molar-refractivity contribution in [2.24, 2.45) is 7.05 Å². The average Bonchev–Trinajstić information content (AvgIpc) is 2.36.